The van der Waals surface area contributed by atoms with Crippen LogP contribution in [-0.4, -0.2) is 36.6 Å². The molecule has 1 aliphatic heterocycles. The van der Waals surface area contributed by atoms with Gasteiger partial charge in [-0.2, -0.15) is 0 Å². The van der Waals surface area contributed by atoms with E-state index in [9.17, 15) is 0 Å². The highest BCUT2D eigenvalue weighted by Crippen LogP contribution is 2.47. The zero-order chi connectivity index (χ0) is 11.1. The van der Waals surface area contributed by atoms with Crippen LogP contribution in [0.15, 0.2) is 0 Å². The molecule has 0 amide bonds. The van der Waals surface area contributed by atoms with E-state index in [2.05, 4.69) is 24.2 Å². The van der Waals surface area contributed by atoms with Gasteiger partial charge in [-0.15, -0.1) is 0 Å². The first-order valence-electron chi connectivity index (χ1n) is 7.21. The average Bonchev–Trinajstić information content (AvgIpc) is 2.90. The van der Waals surface area contributed by atoms with Crippen LogP contribution in [0, 0.1) is 11.8 Å². The third kappa shape index (κ3) is 1.80. The molecule has 5 atom stereocenters. The zero-order valence-corrected chi connectivity index (χ0v) is 10.8. The molecule has 1 saturated heterocycles. The van der Waals surface area contributed by atoms with Gasteiger partial charge in [-0.1, -0.05) is 6.42 Å². The fraction of sp³-hybridized carbons (Fsp3) is 1.00. The molecule has 2 heteroatoms. The fourth-order valence-electron chi connectivity index (χ4n) is 4.56. The number of piperidine rings is 1. The van der Waals surface area contributed by atoms with E-state index in [-0.39, 0.29) is 0 Å². The summed E-state index contributed by atoms with van der Waals surface area (Å²) >= 11 is 0. The van der Waals surface area contributed by atoms with E-state index in [0.29, 0.717) is 0 Å². The molecule has 0 aromatic carbocycles. The Balaban J connectivity index is 1.63. The topological polar surface area (TPSA) is 15.3 Å². The van der Waals surface area contributed by atoms with Gasteiger partial charge in [0.25, 0.3) is 0 Å². The first-order chi connectivity index (χ1) is 7.78. The normalized spacial score (nSPS) is 48.8. The summed E-state index contributed by atoms with van der Waals surface area (Å²) in [5.74, 6) is 2.14. The third-order valence-corrected chi connectivity index (χ3v) is 5.46. The molecule has 3 aliphatic rings. The van der Waals surface area contributed by atoms with E-state index < -0.39 is 0 Å². The summed E-state index contributed by atoms with van der Waals surface area (Å²) in [6.07, 6.45) is 8.82. The standard InChI is InChI=1S/C14H26N2/c1-10-7-13(15-2)5-6-16(10)14-9-11-3-4-12(14)8-11/h10-15H,3-9H2,1-2H3. The summed E-state index contributed by atoms with van der Waals surface area (Å²) in [5, 5.41) is 3.45. The molecular weight excluding hydrogens is 196 g/mol. The van der Waals surface area contributed by atoms with Crippen LogP contribution >= 0.6 is 0 Å². The minimum Gasteiger partial charge on any atom is -0.317 e. The summed E-state index contributed by atoms with van der Waals surface area (Å²) in [4.78, 5) is 2.84. The van der Waals surface area contributed by atoms with Crippen molar-refractivity contribution in [2.75, 3.05) is 13.6 Å². The van der Waals surface area contributed by atoms with Crippen molar-refractivity contribution in [1.82, 2.24) is 10.2 Å². The molecular formula is C14H26N2. The molecule has 2 bridgehead atoms. The second kappa shape index (κ2) is 4.30. The van der Waals surface area contributed by atoms with Gasteiger partial charge in [-0.25, -0.2) is 0 Å². The number of hydrogen-bond acceptors (Lipinski definition) is 2. The van der Waals surface area contributed by atoms with Crippen molar-refractivity contribution in [3.8, 4) is 0 Å². The van der Waals surface area contributed by atoms with Crippen molar-refractivity contribution in [2.45, 2.75) is 63.6 Å². The number of fused-ring (bicyclic) bond motifs is 2. The maximum atomic E-state index is 3.45. The molecule has 3 fully saturated rings. The number of hydrogen-bond donors (Lipinski definition) is 1. The molecule has 2 nitrogen and oxygen atoms in total. The van der Waals surface area contributed by atoms with Gasteiger partial charge in [-0.05, 0) is 57.9 Å². The Bertz CT molecular complexity index is 253. The summed E-state index contributed by atoms with van der Waals surface area (Å²) in [5.41, 5.74) is 0. The quantitative estimate of drug-likeness (QED) is 0.771. The molecule has 0 aromatic rings. The fourth-order valence-corrected chi connectivity index (χ4v) is 4.56. The Kier molecular flexibility index (Phi) is 2.97. The Morgan fingerprint density at radius 2 is 1.94 bits per heavy atom. The molecule has 1 N–H and O–H groups in total. The van der Waals surface area contributed by atoms with Gasteiger partial charge in [0.05, 0.1) is 0 Å². The van der Waals surface area contributed by atoms with Crippen molar-refractivity contribution in [2.24, 2.45) is 11.8 Å². The van der Waals surface area contributed by atoms with Gasteiger partial charge in [-0.3, -0.25) is 4.90 Å². The summed E-state index contributed by atoms with van der Waals surface area (Å²) in [7, 11) is 2.12. The van der Waals surface area contributed by atoms with Crippen molar-refractivity contribution < 1.29 is 0 Å². The number of nitrogens with one attached hydrogen (secondary N) is 1. The Labute approximate surface area is 99.8 Å². The summed E-state index contributed by atoms with van der Waals surface area (Å²) in [6, 6.07) is 2.52. The molecule has 0 aromatic heterocycles. The first kappa shape index (κ1) is 11.0. The van der Waals surface area contributed by atoms with E-state index in [1.165, 1.54) is 38.6 Å². The van der Waals surface area contributed by atoms with Crippen molar-refractivity contribution in [1.29, 1.82) is 0 Å². The lowest BCUT2D eigenvalue weighted by Gasteiger charge is -2.44. The Morgan fingerprint density at radius 1 is 1.06 bits per heavy atom. The molecule has 5 unspecified atom stereocenters. The van der Waals surface area contributed by atoms with E-state index in [1.54, 1.807) is 6.42 Å². The van der Waals surface area contributed by atoms with E-state index in [0.717, 1.165) is 30.0 Å². The van der Waals surface area contributed by atoms with Crippen molar-refractivity contribution in [3.63, 3.8) is 0 Å². The van der Waals surface area contributed by atoms with Crippen LogP contribution in [0.1, 0.15) is 45.4 Å². The van der Waals surface area contributed by atoms with Gasteiger partial charge in [0.1, 0.15) is 0 Å². The van der Waals surface area contributed by atoms with Crippen LogP contribution in [0.25, 0.3) is 0 Å². The molecule has 2 saturated carbocycles. The van der Waals surface area contributed by atoms with Gasteiger partial charge in [0.2, 0.25) is 0 Å². The van der Waals surface area contributed by atoms with Crippen LogP contribution in [0.2, 0.25) is 0 Å². The largest absolute Gasteiger partial charge is 0.317 e. The predicted molar refractivity (Wildman–Crippen MR) is 67.5 cm³/mol. The Morgan fingerprint density at radius 3 is 2.50 bits per heavy atom. The molecule has 16 heavy (non-hydrogen) atoms. The molecule has 1 heterocycles. The molecule has 2 aliphatic carbocycles. The van der Waals surface area contributed by atoms with Crippen molar-refractivity contribution >= 4 is 0 Å². The first-order valence-corrected chi connectivity index (χ1v) is 7.21. The van der Waals surface area contributed by atoms with Crippen molar-refractivity contribution in [3.05, 3.63) is 0 Å². The SMILES string of the molecule is CNC1CCN(C2CC3CCC2C3)C(C)C1. The Hall–Kier alpha value is -0.0800. The summed E-state index contributed by atoms with van der Waals surface area (Å²) < 4.78 is 0. The van der Waals surface area contributed by atoms with Crippen LogP contribution in [0.5, 0.6) is 0 Å². The maximum Gasteiger partial charge on any atom is 0.0129 e. The van der Waals surface area contributed by atoms with E-state index in [4.69, 9.17) is 0 Å². The van der Waals surface area contributed by atoms with E-state index in [1.807, 2.05) is 0 Å². The second-order valence-corrected chi connectivity index (χ2v) is 6.34. The van der Waals surface area contributed by atoms with Gasteiger partial charge in [0.15, 0.2) is 0 Å². The lowest BCUT2D eigenvalue weighted by Crippen LogP contribution is -2.52. The lowest BCUT2D eigenvalue weighted by molar-refractivity contribution is 0.0602. The highest BCUT2D eigenvalue weighted by molar-refractivity contribution is 4.98. The molecule has 3 rings (SSSR count). The van der Waals surface area contributed by atoms with Gasteiger partial charge < -0.3 is 5.32 Å². The van der Waals surface area contributed by atoms with Crippen LogP contribution in [0.4, 0.5) is 0 Å². The second-order valence-electron chi connectivity index (χ2n) is 6.34. The molecule has 0 spiro atoms. The molecule has 0 radical (unpaired) electrons. The third-order valence-electron chi connectivity index (χ3n) is 5.46. The predicted octanol–water partition coefficient (Wildman–Crippen LogP) is 2.25. The maximum absolute atomic E-state index is 3.45. The highest BCUT2D eigenvalue weighted by Gasteiger charge is 2.44. The molecule has 92 valence electrons. The number of likely N-dealkylation sites (tertiary alicyclic amines) is 1. The average molecular weight is 222 g/mol. The summed E-state index contributed by atoms with van der Waals surface area (Å²) in [6.45, 7) is 3.77. The van der Waals surface area contributed by atoms with Crippen LogP contribution < -0.4 is 5.32 Å². The lowest BCUT2D eigenvalue weighted by atomic mass is 9.89. The number of rotatable bonds is 2. The highest BCUT2D eigenvalue weighted by atomic mass is 15.2. The smallest absolute Gasteiger partial charge is 0.0129 e. The zero-order valence-electron chi connectivity index (χ0n) is 10.8. The number of nitrogens with zero attached hydrogens (tertiary/aromatic N) is 1. The van der Waals surface area contributed by atoms with Gasteiger partial charge >= 0.3 is 0 Å². The van der Waals surface area contributed by atoms with E-state index >= 15 is 0 Å². The monoisotopic (exact) mass is 222 g/mol. The van der Waals surface area contributed by atoms with Crippen LogP contribution in [0.3, 0.4) is 0 Å². The van der Waals surface area contributed by atoms with Crippen LogP contribution in [-0.2, 0) is 0 Å². The minimum absolute atomic E-state index is 0.768. The van der Waals surface area contributed by atoms with Gasteiger partial charge in [0, 0.05) is 24.7 Å². The minimum atomic E-state index is 0.768.